The molecule has 0 aliphatic heterocycles. The second kappa shape index (κ2) is 5.91. The quantitative estimate of drug-likeness (QED) is 0.875. The zero-order valence-electron chi connectivity index (χ0n) is 11.0. The van der Waals surface area contributed by atoms with E-state index in [4.69, 9.17) is 4.42 Å². The summed E-state index contributed by atoms with van der Waals surface area (Å²) >= 11 is 0. The van der Waals surface area contributed by atoms with Crippen LogP contribution in [-0.2, 0) is 9.59 Å². The van der Waals surface area contributed by atoms with Gasteiger partial charge < -0.3 is 14.8 Å². The summed E-state index contributed by atoms with van der Waals surface area (Å²) in [6.07, 6.45) is 4.58. The first-order chi connectivity index (χ1) is 9.09. The van der Waals surface area contributed by atoms with Crippen LogP contribution in [0.2, 0.25) is 0 Å². The van der Waals surface area contributed by atoms with Gasteiger partial charge >= 0.3 is 5.97 Å². The van der Waals surface area contributed by atoms with Crippen molar-refractivity contribution in [3.63, 3.8) is 0 Å². The highest BCUT2D eigenvalue weighted by Gasteiger charge is 2.36. The summed E-state index contributed by atoms with van der Waals surface area (Å²) in [5.41, 5.74) is 0. The van der Waals surface area contributed by atoms with E-state index in [2.05, 4.69) is 5.32 Å². The average molecular weight is 265 g/mol. The van der Waals surface area contributed by atoms with Gasteiger partial charge in [-0.3, -0.25) is 9.59 Å². The Labute approximate surface area is 112 Å². The summed E-state index contributed by atoms with van der Waals surface area (Å²) < 4.78 is 5.23. The van der Waals surface area contributed by atoms with E-state index in [-0.39, 0.29) is 11.9 Å². The monoisotopic (exact) mass is 265 g/mol. The van der Waals surface area contributed by atoms with E-state index < -0.39 is 17.8 Å². The molecule has 0 radical (unpaired) electrons. The number of carbonyl (C=O) groups is 2. The van der Waals surface area contributed by atoms with Crippen molar-refractivity contribution < 1.29 is 19.1 Å². The molecule has 2 N–H and O–H groups in total. The number of hydrogen-bond acceptors (Lipinski definition) is 3. The number of carboxylic acid groups (broad SMARTS) is 1. The molecule has 2 rings (SSSR count). The summed E-state index contributed by atoms with van der Waals surface area (Å²) in [4.78, 5) is 23.4. The van der Waals surface area contributed by atoms with Gasteiger partial charge in [0.2, 0.25) is 5.91 Å². The highest BCUT2D eigenvalue weighted by Crippen LogP contribution is 2.31. The van der Waals surface area contributed by atoms with E-state index >= 15 is 0 Å². The van der Waals surface area contributed by atoms with Crippen LogP contribution in [-0.4, -0.2) is 17.0 Å². The lowest BCUT2D eigenvalue weighted by molar-refractivity contribution is -0.149. The number of furan rings is 1. The second-order valence-electron chi connectivity index (χ2n) is 5.08. The van der Waals surface area contributed by atoms with E-state index in [1.54, 1.807) is 18.4 Å². The molecule has 0 spiro atoms. The van der Waals surface area contributed by atoms with Gasteiger partial charge in [0.25, 0.3) is 0 Å². The Bertz CT molecular complexity index is 440. The predicted molar refractivity (Wildman–Crippen MR) is 68.3 cm³/mol. The first kappa shape index (κ1) is 13.6. The highest BCUT2D eigenvalue weighted by molar-refractivity contribution is 5.85. The normalized spacial score (nSPS) is 24.7. The lowest BCUT2D eigenvalue weighted by atomic mass is 9.78. The van der Waals surface area contributed by atoms with Crippen LogP contribution in [0.5, 0.6) is 0 Å². The molecule has 0 aromatic carbocycles. The number of nitrogens with one attached hydrogen (secondary N) is 1. The minimum atomic E-state index is -0.870. The van der Waals surface area contributed by atoms with Gasteiger partial charge in [-0.15, -0.1) is 0 Å². The summed E-state index contributed by atoms with van der Waals surface area (Å²) in [6, 6.07) is 3.32. The van der Waals surface area contributed by atoms with Crippen molar-refractivity contribution in [2.45, 2.75) is 38.6 Å². The fourth-order valence-corrected chi connectivity index (χ4v) is 2.67. The number of hydrogen-bond donors (Lipinski definition) is 2. The van der Waals surface area contributed by atoms with Gasteiger partial charge in [0, 0.05) is 0 Å². The zero-order valence-corrected chi connectivity index (χ0v) is 11.0. The lowest BCUT2D eigenvalue weighted by Crippen LogP contribution is -2.40. The Morgan fingerprint density at radius 2 is 2.05 bits per heavy atom. The zero-order chi connectivity index (χ0) is 13.8. The van der Waals surface area contributed by atoms with Crippen molar-refractivity contribution in [2.24, 2.45) is 11.8 Å². The van der Waals surface area contributed by atoms with Crippen molar-refractivity contribution in [3.8, 4) is 0 Å². The Hall–Kier alpha value is -1.78. The first-order valence-electron chi connectivity index (χ1n) is 6.66. The first-order valence-corrected chi connectivity index (χ1v) is 6.66. The third kappa shape index (κ3) is 3.16. The molecule has 1 heterocycles. The molecule has 1 aliphatic carbocycles. The van der Waals surface area contributed by atoms with Crippen molar-refractivity contribution in [3.05, 3.63) is 24.2 Å². The second-order valence-corrected chi connectivity index (χ2v) is 5.08. The molecule has 3 atom stereocenters. The van der Waals surface area contributed by atoms with Gasteiger partial charge in [0.05, 0.1) is 24.1 Å². The Morgan fingerprint density at radius 3 is 2.63 bits per heavy atom. The van der Waals surface area contributed by atoms with E-state index in [1.165, 1.54) is 0 Å². The minimum absolute atomic E-state index is 0.184. The Morgan fingerprint density at radius 1 is 1.37 bits per heavy atom. The molecule has 0 unspecified atom stereocenters. The highest BCUT2D eigenvalue weighted by atomic mass is 16.4. The number of rotatable bonds is 4. The number of carbonyl (C=O) groups excluding carboxylic acids is 1. The van der Waals surface area contributed by atoms with Crippen LogP contribution < -0.4 is 5.32 Å². The molecule has 1 amide bonds. The maximum Gasteiger partial charge on any atom is 0.307 e. The molecule has 1 aromatic rings. The van der Waals surface area contributed by atoms with E-state index in [1.807, 2.05) is 6.92 Å². The largest absolute Gasteiger partial charge is 0.481 e. The fourth-order valence-electron chi connectivity index (χ4n) is 2.67. The van der Waals surface area contributed by atoms with Crippen LogP contribution >= 0.6 is 0 Å². The van der Waals surface area contributed by atoms with Crippen LogP contribution in [0, 0.1) is 11.8 Å². The number of aliphatic carboxylic acids is 1. The summed E-state index contributed by atoms with van der Waals surface area (Å²) in [7, 11) is 0. The van der Waals surface area contributed by atoms with Crippen molar-refractivity contribution in [1.82, 2.24) is 5.32 Å². The Kier molecular flexibility index (Phi) is 4.24. The van der Waals surface area contributed by atoms with Crippen LogP contribution in [0.15, 0.2) is 22.8 Å². The average Bonchev–Trinajstić information content (AvgIpc) is 2.92. The van der Waals surface area contributed by atoms with E-state index in [0.29, 0.717) is 18.6 Å². The summed E-state index contributed by atoms with van der Waals surface area (Å²) in [6.45, 7) is 1.83. The van der Waals surface area contributed by atoms with Gasteiger partial charge in [0.15, 0.2) is 0 Å². The molecule has 1 saturated carbocycles. The van der Waals surface area contributed by atoms with Gasteiger partial charge in [-0.1, -0.05) is 12.8 Å². The standard InChI is InChI=1S/C14H19NO4/c1-9(12-7-4-8-19-12)15-13(16)10-5-2-3-6-11(10)14(17)18/h4,7-11H,2-3,5-6H2,1H3,(H,15,16)(H,17,18)/t9-,10-,11+/m1/s1. The smallest absolute Gasteiger partial charge is 0.307 e. The molecule has 19 heavy (non-hydrogen) atoms. The summed E-state index contributed by atoms with van der Waals surface area (Å²) in [5.74, 6) is -1.36. The molecule has 0 saturated heterocycles. The summed E-state index contributed by atoms with van der Waals surface area (Å²) in [5, 5.41) is 12.0. The van der Waals surface area contributed by atoms with Crippen molar-refractivity contribution in [1.29, 1.82) is 0 Å². The Balaban J connectivity index is 2.00. The van der Waals surface area contributed by atoms with Gasteiger partial charge in [0.1, 0.15) is 5.76 Å². The maximum atomic E-state index is 12.2. The SMILES string of the molecule is C[C@@H](NC(=O)[C@@H]1CCCC[C@@H]1C(=O)O)c1ccco1. The predicted octanol–water partition coefficient (Wildman–Crippen LogP) is 2.35. The van der Waals surface area contributed by atoms with Crippen LogP contribution in [0.1, 0.15) is 44.4 Å². The van der Waals surface area contributed by atoms with Crippen LogP contribution in [0.25, 0.3) is 0 Å². The third-order valence-corrected chi connectivity index (χ3v) is 3.75. The van der Waals surface area contributed by atoms with E-state index in [9.17, 15) is 14.7 Å². The minimum Gasteiger partial charge on any atom is -0.481 e. The number of amides is 1. The van der Waals surface area contributed by atoms with Gasteiger partial charge in [-0.2, -0.15) is 0 Å². The molecular formula is C14H19NO4. The molecular weight excluding hydrogens is 246 g/mol. The fraction of sp³-hybridized carbons (Fsp3) is 0.571. The van der Waals surface area contributed by atoms with Crippen LogP contribution in [0.3, 0.4) is 0 Å². The molecule has 1 aliphatic rings. The van der Waals surface area contributed by atoms with Gasteiger partial charge in [-0.25, -0.2) is 0 Å². The molecule has 104 valence electrons. The van der Waals surface area contributed by atoms with Gasteiger partial charge in [-0.05, 0) is 31.9 Å². The van der Waals surface area contributed by atoms with Crippen LogP contribution in [0.4, 0.5) is 0 Å². The molecule has 1 fully saturated rings. The molecule has 5 nitrogen and oxygen atoms in total. The third-order valence-electron chi connectivity index (χ3n) is 3.75. The lowest BCUT2D eigenvalue weighted by Gasteiger charge is -2.28. The molecule has 0 bridgehead atoms. The molecule has 5 heteroatoms. The van der Waals surface area contributed by atoms with Crippen molar-refractivity contribution in [2.75, 3.05) is 0 Å². The van der Waals surface area contributed by atoms with Crippen molar-refractivity contribution >= 4 is 11.9 Å². The maximum absolute atomic E-state index is 12.2. The van der Waals surface area contributed by atoms with E-state index in [0.717, 1.165) is 12.8 Å². The topological polar surface area (TPSA) is 79.5 Å². The number of carboxylic acids is 1. The molecule has 1 aromatic heterocycles.